The number of carbonyl (C=O) groups excluding carboxylic acids is 2. The predicted octanol–water partition coefficient (Wildman–Crippen LogP) is 0.806. The van der Waals surface area contributed by atoms with Crippen molar-refractivity contribution < 1.29 is 18.8 Å². The highest BCUT2D eigenvalue weighted by atomic mass is 19.1. The van der Waals surface area contributed by atoms with Gasteiger partial charge < -0.3 is 10.6 Å². The second kappa shape index (κ2) is 8.04. The number of hydrogen-bond acceptors (Lipinski definition) is 3. The predicted molar refractivity (Wildman–Crippen MR) is 66.9 cm³/mol. The molecule has 0 radical (unpaired) electrons. The smallest absolute Gasteiger partial charge is 0.338 e. The zero-order chi connectivity index (χ0) is 14.1. The second-order valence-corrected chi connectivity index (χ2v) is 3.68. The summed E-state index contributed by atoms with van der Waals surface area (Å²) in [6.07, 6.45) is 0.573. The summed E-state index contributed by atoms with van der Waals surface area (Å²) in [6.45, 7) is 0.808. The van der Waals surface area contributed by atoms with E-state index in [9.17, 15) is 14.0 Å². The van der Waals surface area contributed by atoms with Crippen LogP contribution in [-0.2, 0) is 4.84 Å². The number of hydrogen-bond donors (Lipinski definition) is 3. The van der Waals surface area contributed by atoms with Gasteiger partial charge in [0, 0.05) is 18.7 Å². The maximum absolute atomic E-state index is 12.7. The van der Waals surface area contributed by atoms with Gasteiger partial charge in [-0.3, -0.25) is 9.63 Å². The van der Waals surface area contributed by atoms with E-state index in [2.05, 4.69) is 21.0 Å². The van der Waals surface area contributed by atoms with Gasteiger partial charge in [-0.2, -0.15) is 0 Å². The summed E-state index contributed by atoms with van der Waals surface area (Å²) >= 11 is 0. The maximum atomic E-state index is 12.7. The molecule has 6 nitrogen and oxygen atoms in total. The third-order valence-corrected chi connectivity index (χ3v) is 2.23. The van der Waals surface area contributed by atoms with Crippen LogP contribution in [0, 0.1) is 5.82 Å². The molecule has 0 atom stereocenters. The van der Waals surface area contributed by atoms with Crippen LogP contribution in [0.2, 0.25) is 0 Å². The second-order valence-electron chi connectivity index (χ2n) is 3.68. The summed E-state index contributed by atoms with van der Waals surface area (Å²) in [5, 5.41) is 5.19. The van der Waals surface area contributed by atoms with Crippen molar-refractivity contribution in [3.8, 4) is 0 Å². The van der Waals surface area contributed by atoms with E-state index in [1.165, 1.54) is 31.4 Å². The summed E-state index contributed by atoms with van der Waals surface area (Å²) in [4.78, 5) is 26.9. The number of rotatable bonds is 6. The third-order valence-electron chi connectivity index (χ3n) is 2.23. The molecule has 0 saturated heterocycles. The van der Waals surface area contributed by atoms with E-state index >= 15 is 0 Å². The Morgan fingerprint density at radius 2 is 1.79 bits per heavy atom. The van der Waals surface area contributed by atoms with Crippen LogP contribution < -0.4 is 16.1 Å². The summed E-state index contributed by atoms with van der Waals surface area (Å²) in [5.74, 6) is -0.661. The fraction of sp³-hybridized carbons (Fsp3) is 0.333. The summed E-state index contributed by atoms with van der Waals surface area (Å²) in [5.41, 5.74) is 2.50. The molecule has 0 bridgehead atoms. The average Bonchev–Trinajstić information content (AvgIpc) is 2.39. The summed E-state index contributed by atoms with van der Waals surface area (Å²) in [6, 6.07) is 4.84. The number of amides is 3. The molecule has 0 unspecified atom stereocenters. The van der Waals surface area contributed by atoms with Crippen LogP contribution in [0.1, 0.15) is 16.8 Å². The van der Waals surface area contributed by atoms with Crippen molar-refractivity contribution in [2.75, 3.05) is 20.2 Å². The highest BCUT2D eigenvalue weighted by Gasteiger charge is 2.04. The fourth-order valence-corrected chi connectivity index (χ4v) is 1.32. The first-order valence-corrected chi connectivity index (χ1v) is 5.74. The van der Waals surface area contributed by atoms with Crippen molar-refractivity contribution in [1.29, 1.82) is 0 Å². The number of halogens is 1. The zero-order valence-electron chi connectivity index (χ0n) is 10.5. The van der Waals surface area contributed by atoms with E-state index in [-0.39, 0.29) is 11.7 Å². The Kier molecular flexibility index (Phi) is 6.31. The molecule has 1 aromatic rings. The Morgan fingerprint density at radius 1 is 1.16 bits per heavy atom. The van der Waals surface area contributed by atoms with Gasteiger partial charge in [-0.25, -0.2) is 14.7 Å². The van der Waals surface area contributed by atoms with Gasteiger partial charge in [0.1, 0.15) is 5.82 Å². The van der Waals surface area contributed by atoms with E-state index in [1.54, 1.807) is 0 Å². The largest absolute Gasteiger partial charge is 0.352 e. The standard InChI is InChI=1S/C12H16FN3O3/c1-19-16-12(18)15-8-2-7-14-11(17)9-3-5-10(13)6-4-9/h3-6H,2,7-8H2,1H3,(H,14,17)(H2,15,16,18). The van der Waals surface area contributed by atoms with Gasteiger partial charge in [-0.1, -0.05) is 0 Å². The van der Waals surface area contributed by atoms with Crippen LogP contribution in [0.15, 0.2) is 24.3 Å². The first-order chi connectivity index (χ1) is 9.13. The van der Waals surface area contributed by atoms with Gasteiger partial charge in [-0.15, -0.1) is 0 Å². The van der Waals surface area contributed by atoms with Gasteiger partial charge in [0.15, 0.2) is 0 Å². The first kappa shape index (κ1) is 14.9. The Labute approximate surface area is 110 Å². The minimum atomic E-state index is -0.438. The van der Waals surface area contributed by atoms with Crippen LogP contribution in [-0.4, -0.2) is 32.1 Å². The minimum Gasteiger partial charge on any atom is -0.352 e. The van der Waals surface area contributed by atoms with Crippen molar-refractivity contribution in [2.24, 2.45) is 0 Å². The quantitative estimate of drug-likeness (QED) is 0.528. The molecule has 3 amide bonds. The Hall–Kier alpha value is -2.15. The molecular formula is C12H16FN3O3. The molecule has 0 saturated carbocycles. The molecule has 0 aliphatic heterocycles. The maximum Gasteiger partial charge on any atom is 0.338 e. The Morgan fingerprint density at radius 3 is 2.42 bits per heavy atom. The summed E-state index contributed by atoms with van der Waals surface area (Å²) in [7, 11) is 1.34. The van der Waals surface area contributed by atoms with E-state index in [1.807, 2.05) is 0 Å². The fourth-order valence-electron chi connectivity index (χ4n) is 1.32. The molecular weight excluding hydrogens is 253 g/mol. The molecule has 1 aromatic carbocycles. The number of nitrogens with one attached hydrogen (secondary N) is 3. The molecule has 0 fully saturated rings. The molecule has 0 spiro atoms. The lowest BCUT2D eigenvalue weighted by Gasteiger charge is -2.07. The summed E-state index contributed by atoms with van der Waals surface area (Å²) < 4.78 is 12.7. The van der Waals surface area contributed by atoms with Crippen LogP contribution in [0.4, 0.5) is 9.18 Å². The van der Waals surface area contributed by atoms with E-state index in [0.717, 1.165) is 0 Å². The normalized spacial score (nSPS) is 9.79. The highest BCUT2D eigenvalue weighted by Crippen LogP contribution is 2.02. The third kappa shape index (κ3) is 5.82. The topological polar surface area (TPSA) is 79.5 Å². The molecule has 19 heavy (non-hydrogen) atoms. The van der Waals surface area contributed by atoms with Gasteiger partial charge in [-0.05, 0) is 30.7 Å². The van der Waals surface area contributed by atoms with Crippen molar-refractivity contribution in [2.45, 2.75) is 6.42 Å². The molecule has 0 aromatic heterocycles. The molecule has 0 aliphatic rings. The Balaban J connectivity index is 2.17. The highest BCUT2D eigenvalue weighted by molar-refractivity contribution is 5.94. The van der Waals surface area contributed by atoms with Gasteiger partial charge in [0.05, 0.1) is 7.11 Å². The van der Waals surface area contributed by atoms with Gasteiger partial charge >= 0.3 is 6.03 Å². The van der Waals surface area contributed by atoms with Crippen LogP contribution in [0.3, 0.4) is 0 Å². The van der Waals surface area contributed by atoms with E-state index in [0.29, 0.717) is 25.1 Å². The van der Waals surface area contributed by atoms with Crippen LogP contribution in [0.25, 0.3) is 0 Å². The SMILES string of the molecule is CONC(=O)NCCCNC(=O)c1ccc(F)cc1. The molecule has 104 valence electrons. The van der Waals surface area contributed by atoms with Crippen molar-refractivity contribution >= 4 is 11.9 Å². The van der Waals surface area contributed by atoms with E-state index in [4.69, 9.17) is 0 Å². The lowest BCUT2D eigenvalue weighted by Crippen LogP contribution is -2.36. The average molecular weight is 269 g/mol. The number of carbonyl (C=O) groups is 2. The monoisotopic (exact) mass is 269 g/mol. The number of urea groups is 1. The number of hydroxylamine groups is 1. The molecule has 3 N–H and O–H groups in total. The zero-order valence-corrected chi connectivity index (χ0v) is 10.5. The molecule has 0 aliphatic carbocycles. The van der Waals surface area contributed by atoms with Crippen molar-refractivity contribution in [1.82, 2.24) is 16.1 Å². The lowest BCUT2D eigenvalue weighted by molar-refractivity contribution is 0.0953. The Bertz CT molecular complexity index is 423. The number of benzene rings is 1. The first-order valence-electron chi connectivity index (χ1n) is 5.74. The van der Waals surface area contributed by atoms with Crippen molar-refractivity contribution in [3.63, 3.8) is 0 Å². The van der Waals surface area contributed by atoms with E-state index < -0.39 is 6.03 Å². The minimum absolute atomic E-state index is 0.277. The van der Waals surface area contributed by atoms with Crippen molar-refractivity contribution in [3.05, 3.63) is 35.6 Å². The van der Waals surface area contributed by atoms with Crippen LogP contribution >= 0.6 is 0 Å². The molecule has 1 rings (SSSR count). The van der Waals surface area contributed by atoms with Gasteiger partial charge in [0.25, 0.3) is 5.91 Å². The van der Waals surface area contributed by atoms with Crippen LogP contribution in [0.5, 0.6) is 0 Å². The molecule has 7 heteroatoms. The van der Waals surface area contributed by atoms with Gasteiger partial charge in [0.2, 0.25) is 0 Å². The molecule has 0 heterocycles. The lowest BCUT2D eigenvalue weighted by atomic mass is 10.2.